The molecule has 0 saturated carbocycles. The fraction of sp³-hybridized carbons (Fsp3) is 0.188. The summed E-state index contributed by atoms with van der Waals surface area (Å²) in [5.41, 5.74) is 1.63. The smallest absolute Gasteiger partial charge is 0.134 e. The number of halogens is 2. The highest BCUT2D eigenvalue weighted by atomic mass is 79.9. The van der Waals surface area contributed by atoms with Crippen molar-refractivity contribution in [2.24, 2.45) is 4.99 Å². The highest BCUT2D eigenvalue weighted by Gasteiger charge is 2.12. The van der Waals surface area contributed by atoms with Crippen molar-refractivity contribution in [2.45, 2.75) is 6.61 Å². The van der Waals surface area contributed by atoms with E-state index >= 15 is 0 Å². The molecule has 21 heavy (non-hydrogen) atoms. The Morgan fingerprint density at radius 2 is 2.10 bits per heavy atom. The van der Waals surface area contributed by atoms with Gasteiger partial charge in [0.2, 0.25) is 0 Å². The van der Waals surface area contributed by atoms with Gasteiger partial charge >= 0.3 is 0 Å². The van der Waals surface area contributed by atoms with Crippen LogP contribution in [0.1, 0.15) is 11.1 Å². The maximum absolute atomic E-state index is 13.6. The molecule has 0 saturated heterocycles. The van der Waals surface area contributed by atoms with Crippen molar-refractivity contribution in [3.8, 4) is 5.75 Å². The van der Waals surface area contributed by atoms with Gasteiger partial charge in [0.25, 0.3) is 0 Å². The second kappa shape index (κ2) is 6.62. The summed E-state index contributed by atoms with van der Waals surface area (Å²) in [6.45, 7) is 1.09. The number of hydrogen-bond donors (Lipinski definition) is 0. The number of rotatable bonds is 4. The van der Waals surface area contributed by atoms with Crippen LogP contribution in [0.3, 0.4) is 0 Å². The lowest BCUT2D eigenvalue weighted by atomic mass is 10.2. The van der Waals surface area contributed by atoms with E-state index in [1.54, 1.807) is 30.0 Å². The normalized spacial score (nSPS) is 14.1. The van der Waals surface area contributed by atoms with Gasteiger partial charge in [0.05, 0.1) is 9.52 Å². The van der Waals surface area contributed by atoms with Gasteiger partial charge in [-0.2, -0.15) is 0 Å². The maximum Gasteiger partial charge on any atom is 0.134 e. The van der Waals surface area contributed by atoms with Crippen molar-refractivity contribution in [1.29, 1.82) is 0 Å². The zero-order valence-electron chi connectivity index (χ0n) is 11.2. The van der Waals surface area contributed by atoms with E-state index in [-0.39, 0.29) is 12.4 Å². The van der Waals surface area contributed by atoms with E-state index in [0.717, 1.165) is 27.4 Å². The molecule has 0 spiro atoms. The van der Waals surface area contributed by atoms with Crippen LogP contribution < -0.4 is 4.74 Å². The van der Waals surface area contributed by atoms with Crippen LogP contribution in [0.15, 0.2) is 51.9 Å². The van der Waals surface area contributed by atoms with Crippen LogP contribution in [0, 0.1) is 5.82 Å². The molecule has 108 valence electrons. The Balaban J connectivity index is 1.73. The maximum atomic E-state index is 13.6. The number of thioether (sulfide) groups is 1. The number of nitrogens with zero attached hydrogens (tertiary/aromatic N) is 1. The second-order valence-electron chi connectivity index (χ2n) is 4.56. The number of hydrogen-bond acceptors (Lipinski definition) is 3. The van der Waals surface area contributed by atoms with E-state index in [4.69, 9.17) is 4.74 Å². The lowest BCUT2D eigenvalue weighted by Crippen LogP contribution is -2.00. The van der Waals surface area contributed by atoms with Gasteiger partial charge in [-0.15, -0.1) is 11.8 Å². The minimum Gasteiger partial charge on any atom is -0.488 e. The highest BCUT2D eigenvalue weighted by Crippen LogP contribution is 2.29. The molecule has 0 unspecified atom stereocenters. The molecule has 0 radical (unpaired) electrons. The molecule has 0 bridgehead atoms. The lowest BCUT2D eigenvalue weighted by Gasteiger charge is -2.10. The third-order valence-electron chi connectivity index (χ3n) is 3.11. The average molecular weight is 366 g/mol. The van der Waals surface area contributed by atoms with E-state index in [0.29, 0.717) is 11.3 Å². The van der Waals surface area contributed by atoms with E-state index in [9.17, 15) is 4.39 Å². The molecule has 2 nitrogen and oxygen atoms in total. The summed E-state index contributed by atoms with van der Waals surface area (Å²) in [6.07, 6.45) is 0. The summed E-state index contributed by atoms with van der Waals surface area (Å²) < 4.78 is 20.1. The fourth-order valence-electron chi connectivity index (χ4n) is 2.03. The Hall–Kier alpha value is -1.33. The Labute approximate surface area is 135 Å². The fourth-order valence-corrected chi connectivity index (χ4v) is 3.38. The van der Waals surface area contributed by atoms with Gasteiger partial charge in [-0.3, -0.25) is 4.99 Å². The molecule has 2 aromatic rings. The molecular formula is C16H13BrFNOS. The zero-order chi connectivity index (χ0) is 14.7. The molecule has 0 aromatic heterocycles. The van der Waals surface area contributed by atoms with Gasteiger partial charge in [-0.25, -0.2) is 4.39 Å². The number of ether oxygens (including phenoxy) is 1. The second-order valence-corrected chi connectivity index (χ2v) is 6.50. The van der Waals surface area contributed by atoms with E-state index < -0.39 is 0 Å². The summed E-state index contributed by atoms with van der Waals surface area (Å²) >= 11 is 5.26. The van der Waals surface area contributed by atoms with Gasteiger partial charge in [-0.1, -0.05) is 18.2 Å². The predicted molar refractivity (Wildman–Crippen MR) is 88.7 cm³/mol. The monoisotopic (exact) mass is 365 g/mol. The Morgan fingerprint density at radius 3 is 2.81 bits per heavy atom. The molecule has 0 N–H and O–H groups in total. The van der Waals surface area contributed by atoms with Crippen LogP contribution in [0.2, 0.25) is 0 Å². The molecule has 2 aromatic carbocycles. The minimum atomic E-state index is -0.248. The molecule has 5 heteroatoms. The molecule has 0 amide bonds. The Kier molecular flexibility index (Phi) is 4.60. The van der Waals surface area contributed by atoms with Crippen LogP contribution in [-0.2, 0) is 6.61 Å². The highest BCUT2D eigenvalue weighted by molar-refractivity contribution is 9.10. The van der Waals surface area contributed by atoms with Crippen molar-refractivity contribution >= 4 is 32.7 Å². The third-order valence-corrected chi connectivity index (χ3v) is 4.75. The minimum absolute atomic E-state index is 0.209. The predicted octanol–water partition coefficient (Wildman–Crippen LogP) is 4.66. The summed E-state index contributed by atoms with van der Waals surface area (Å²) in [5, 5.41) is 1.07. The lowest BCUT2D eigenvalue weighted by molar-refractivity contribution is 0.298. The van der Waals surface area contributed by atoms with Crippen LogP contribution in [0.4, 0.5) is 4.39 Å². The summed E-state index contributed by atoms with van der Waals surface area (Å²) in [6, 6.07) is 12.5. The molecular weight excluding hydrogens is 353 g/mol. The molecule has 1 aliphatic rings. The number of aliphatic imine (C=N–C) groups is 1. The van der Waals surface area contributed by atoms with Gasteiger partial charge in [0, 0.05) is 23.4 Å². The Morgan fingerprint density at radius 1 is 1.24 bits per heavy atom. The van der Waals surface area contributed by atoms with Crippen LogP contribution in [0.25, 0.3) is 0 Å². The first kappa shape index (κ1) is 14.6. The molecule has 3 rings (SSSR count). The molecule has 1 aliphatic heterocycles. The number of benzene rings is 2. The average Bonchev–Trinajstić information content (AvgIpc) is 3.02. The summed E-state index contributed by atoms with van der Waals surface area (Å²) in [5.74, 6) is 1.49. The third kappa shape index (κ3) is 3.47. The van der Waals surface area contributed by atoms with Gasteiger partial charge in [0.1, 0.15) is 18.2 Å². The van der Waals surface area contributed by atoms with E-state index in [1.807, 2.05) is 18.2 Å². The summed E-state index contributed by atoms with van der Waals surface area (Å²) in [4.78, 5) is 4.45. The van der Waals surface area contributed by atoms with Gasteiger partial charge < -0.3 is 4.74 Å². The zero-order valence-corrected chi connectivity index (χ0v) is 13.6. The van der Waals surface area contributed by atoms with Crippen molar-refractivity contribution in [1.82, 2.24) is 0 Å². The standard InChI is InChI=1S/C16H13BrFNOS/c17-13-9-11(16-19-7-8-21-16)5-6-15(13)20-10-12-3-1-2-4-14(12)18/h1-6,9H,7-8,10H2. The summed E-state index contributed by atoms with van der Waals surface area (Å²) in [7, 11) is 0. The van der Waals surface area contributed by atoms with Crippen molar-refractivity contribution < 1.29 is 9.13 Å². The van der Waals surface area contributed by atoms with E-state index in [2.05, 4.69) is 20.9 Å². The van der Waals surface area contributed by atoms with Gasteiger partial charge in [0.15, 0.2) is 0 Å². The first-order valence-corrected chi connectivity index (χ1v) is 8.35. The van der Waals surface area contributed by atoms with E-state index in [1.165, 1.54) is 6.07 Å². The SMILES string of the molecule is Fc1ccccc1COc1ccc(C2=NCCS2)cc1Br. The topological polar surface area (TPSA) is 21.6 Å². The Bertz CT molecular complexity index is 690. The quantitative estimate of drug-likeness (QED) is 0.785. The molecule has 0 atom stereocenters. The molecule has 0 fully saturated rings. The van der Waals surface area contributed by atoms with Gasteiger partial charge in [-0.05, 0) is 40.2 Å². The largest absolute Gasteiger partial charge is 0.488 e. The van der Waals surface area contributed by atoms with Crippen LogP contribution in [0.5, 0.6) is 5.75 Å². The molecule has 1 heterocycles. The van der Waals surface area contributed by atoms with Crippen molar-refractivity contribution in [3.05, 3.63) is 63.9 Å². The van der Waals surface area contributed by atoms with Crippen molar-refractivity contribution in [3.63, 3.8) is 0 Å². The van der Waals surface area contributed by atoms with Crippen molar-refractivity contribution in [2.75, 3.05) is 12.3 Å². The molecule has 0 aliphatic carbocycles. The first-order valence-electron chi connectivity index (χ1n) is 6.57. The van der Waals surface area contributed by atoms with Crippen LogP contribution in [-0.4, -0.2) is 17.3 Å². The first-order chi connectivity index (χ1) is 10.2. The van der Waals surface area contributed by atoms with Crippen LogP contribution >= 0.6 is 27.7 Å².